The number of benzene rings is 1. The monoisotopic (exact) mass is 278 g/mol. The zero-order valence-corrected chi connectivity index (χ0v) is 12.3. The molecule has 1 aromatic rings. The van der Waals surface area contributed by atoms with Crippen LogP contribution in [0.15, 0.2) is 24.3 Å². The fraction of sp³-hybridized carbons (Fsp3) is 0.533. The van der Waals surface area contributed by atoms with Crippen LogP contribution in [0, 0.1) is 0 Å². The summed E-state index contributed by atoms with van der Waals surface area (Å²) in [6.45, 7) is 0.793. The third-order valence-corrected chi connectivity index (χ3v) is 4.11. The van der Waals surface area contributed by atoms with Crippen molar-refractivity contribution in [2.24, 2.45) is 0 Å². The Morgan fingerprint density at radius 2 is 2.21 bits per heavy atom. The van der Waals surface area contributed by atoms with Crippen molar-refractivity contribution in [3.63, 3.8) is 0 Å². The van der Waals surface area contributed by atoms with Crippen LogP contribution >= 0.6 is 11.8 Å². The number of nitrogens with one attached hydrogen (secondary N) is 2. The minimum absolute atomic E-state index is 0.0939. The average molecular weight is 278 g/mol. The molecule has 1 heterocycles. The van der Waals surface area contributed by atoms with Gasteiger partial charge in [-0.1, -0.05) is 24.6 Å². The summed E-state index contributed by atoms with van der Waals surface area (Å²) in [6, 6.07) is 8.04. The Balaban J connectivity index is 1.66. The van der Waals surface area contributed by atoms with Crippen LogP contribution in [0.5, 0.6) is 0 Å². The van der Waals surface area contributed by atoms with Crippen LogP contribution in [0.3, 0.4) is 0 Å². The highest BCUT2D eigenvalue weighted by Crippen LogP contribution is 2.24. The highest BCUT2D eigenvalue weighted by atomic mass is 32.2. The molecule has 4 heteroatoms. The van der Waals surface area contributed by atoms with Crippen molar-refractivity contribution in [2.75, 3.05) is 23.9 Å². The molecule has 0 fully saturated rings. The minimum atomic E-state index is -0.0939. The first-order chi connectivity index (χ1) is 9.31. The summed E-state index contributed by atoms with van der Waals surface area (Å²) in [4.78, 5) is 12.0. The van der Waals surface area contributed by atoms with E-state index in [1.165, 1.54) is 24.2 Å². The molecular formula is C15H22N2OS. The zero-order valence-electron chi connectivity index (χ0n) is 11.4. The molecule has 104 valence electrons. The van der Waals surface area contributed by atoms with Gasteiger partial charge >= 0.3 is 0 Å². The number of carbonyl (C=O) groups is 1. The van der Waals surface area contributed by atoms with Crippen LogP contribution in [0.4, 0.5) is 5.69 Å². The number of amides is 1. The quantitative estimate of drug-likeness (QED) is 0.753. The molecule has 1 aromatic carbocycles. The molecule has 0 spiro atoms. The lowest BCUT2D eigenvalue weighted by Crippen LogP contribution is -2.38. The molecular weight excluding hydrogens is 256 g/mol. The molecule has 0 radical (unpaired) electrons. The summed E-state index contributed by atoms with van der Waals surface area (Å²) in [6.07, 6.45) is 6.44. The second-order valence-electron chi connectivity index (χ2n) is 4.90. The first kappa shape index (κ1) is 14.3. The molecule has 1 aliphatic heterocycles. The van der Waals surface area contributed by atoms with Gasteiger partial charge in [-0.3, -0.25) is 4.79 Å². The normalized spacial score (nSPS) is 16.8. The fourth-order valence-corrected chi connectivity index (χ4v) is 2.83. The van der Waals surface area contributed by atoms with Gasteiger partial charge in [0, 0.05) is 18.7 Å². The SMILES string of the molecule is CSCCCCCNC(=O)[C@@H]1Cc2ccccc2N1. The molecule has 1 aliphatic rings. The van der Waals surface area contributed by atoms with Crippen LogP contribution in [-0.2, 0) is 11.2 Å². The first-order valence-corrected chi connectivity index (χ1v) is 8.31. The number of rotatable bonds is 7. The predicted octanol–water partition coefficient (Wildman–Crippen LogP) is 2.67. The molecule has 0 bridgehead atoms. The number of hydrogen-bond acceptors (Lipinski definition) is 3. The van der Waals surface area contributed by atoms with Crippen LogP contribution in [0.1, 0.15) is 24.8 Å². The Morgan fingerprint density at radius 1 is 1.37 bits per heavy atom. The molecule has 0 aliphatic carbocycles. The van der Waals surface area contributed by atoms with Gasteiger partial charge in [-0.05, 0) is 36.5 Å². The van der Waals surface area contributed by atoms with Gasteiger partial charge < -0.3 is 10.6 Å². The van der Waals surface area contributed by atoms with Gasteiger partial charge in [0.15, 0.2) is 0 Å². The molecule has 2 N–H and O–H groups in total. The highest BCUT2D eigenvalue weighted by Gasteiger charge is 2.25. The zero-order chi connectivity index (χ0) is 13.5. The van der Waals surface area contributed by atoms with E-state index in [0.29, 0.717) is 0 Å². The number of fused-ring (bicyclic) bond motifs is 1. The topological polar surface area (TPSA) is 41.1 Å². The van der Waals surface area contributed by atoms with Gasteiger partial charge in [0.25, 0.3) is 0 Å². The molecule has 3 nitrogen and oxygen atoms in total. The molecule has 1 atom stereocenters. The number of para-hydroxylation sites is 1. The Kier molecular flexibility index (Phi) is 5.58. The number of thioether (sulfide) groups is 1. The summed E-state index contributed by atoms with van der Waals surface area (Å²) in [7, 11) is 0. The van der Waals surface area contributed by atoms with Crippen molar-refractivity contribution in [3.05, 3.63) is 29.8 Å². The number of anilines is 1. The van der Waals surface area contributed by atoms with Crippen molar-refractivity contribution in [2.45, 2.75) is 31.7 Å². The Labute approximate surface area is 119 Å². The second kappa shape index (κ2) is 7.43. The number of carbonyl (C=O) groups excluding carboxylic acids is 1. The van der Waals surface area contributed by atoms with Crippen molar-refractivity contribution in [1.82, 2.24) is 5.32 Å². The van der Waals surface area contributed by atoms with Crippen molar-refractivity contribution < 1.29 is 4.79 Å². The third kappa shape index (κ3) is 4.16. The van der Waals surface area contributed by atoms with Gasteiger partial charge in [-0.15, -0.1) is 0 Å². The lowest BCUT2D eigenvalue weighted by atomic mass is 10.1. The Bertz CT molecular complexity index is 397. The number of unbranched alkanes of at least 4 members (excludes halogenated alkanes) is 2. The van der Waals surface area contributed by atoms with Crippen LogP contribution in [0.25, 0.3) is 0 Å². The molecule has 0 aromatic heterocycles. The fourth-order valence-electron chi connectivity index (χ4n) is 2.34. The number of hydrogen-bond donors (Lipinski definition) is 2. The average Bonchev–Trinajstić information content (AvgIpc) is 2.86. The van der Waals surface area contributed by atoms with Gasteiger partial charge in [-0.25, -0.2) is 0 Å². The molecule has 0 saturated heterocycles. The standard InChI is InChI=1S/C15H22N2OS/c1-19-10-6-2-5-9-16-15(18)14-11-12-7-3-4-8-13(12)17-14/h3-4,7-8,14,17H,2,5-6,9-11H2,1H3,(H,16,18)/t14-/m0/s1. The van der Waals surface area contributed by atoms with E-state index in [1.54, 1.807) is 0 Å². The van der Waals surface area contributed by atoms with E-state index in [9.17, 15) is 4.79 Å². The van der Waals surface area contributed by atoms with E-state index in [1.807, 2.05) is 30.0 Å². The molecule has 0 saturated carbocycles. The summed E-state index contributed by atoms with van der Waals surface area (Å²) in [5.41, 5.74) is 2.34. The van der Waals surface area contributed by atoms with E-state index in [0.717, 1.165) is 25.1 Å². The van der Waals surface area contributed by atoms with Gasteiger partial charge in [0.2, 0.25) is 5.91 Å². The lowest BCUT2D eigenvalue weighted by Gasteiger charge is -2.11. The molecule has 0 unspecified atom stereocenters. The maximum absolute atomic E-state index is 12.0. The van der Waals surface area contributed by atoms with Crippen LogP contribution in [-0.4, -0.2) is 30.5 Å². The second-order valence-corrected chi connectivity index (χ2v) is 5.89. The van der Waals surface area contributed by atoms with E-state index in [2.05, 4.69) is 23.0 Å². The van der Waals surface area contributed by atoms with Gasteiger partial charge in [-0.2, -0.15) is 11.8 Å². The predicted molar refractivity (Wildman–Crippen MR) is 82.8 cm³/mol. The smallest absolute Gasteiger partial charge is 0.242 e. The maximum Gasteiger partial charge on any atom is 0.242 e. The van der Waals surface area contributed by atoms with Gasteiger partial charge in [0.1, 0.15) is 6.04 Å². The van der Waals surface area contributed by atoms with Crippen molar-refractivity contribution in [3.8, 4) is 0 Å². The van der Waals surface area contributed by atoms with Crippen molar-refractivity contribution in [1.29, 1.82) is 0 Å². The Hall–Kier alpha value is -1.16. The molecule has 1 amide bonds. The summed E-state index contributed by atoms with van der Waals surface area (Å²) in [5, 5.41) is 6.31. The molecule has 19 heavy (non-hydrogen) atoms. The third-order valence-electron chi connectivity index (χ3n) is 3.41. The molecule has 2 rings (SSSR count). The van der Waals surface area contributed by atoms with E-state index in [4.69, 9.17) is 0 Å². The largest absolute Gasteiger partial charge is 0.373 e. The summed E-state index contributed by atoms with van der Waals surface area (Å²) in [5.74, 6) is 1.34. The van der Waals surface area contributed by atoms with E-state index in [-0.39, 0.29) is 11.9 Å². The Morgan fingerprint density at radius 3 is 3.00 bits per heavy atom. The van der Waals surface area contributed by atoms with Crippen LogP contribution < -0.4 is 10.6 Å². The maximum atomic E-state index is 12.0. The van der Waals surface area contributed by atoms with Crippen molar-refractivity contribution >= 4 is 23.4 Å². The van der Waals surface area contributed by atoms with Crippen LogP contribution in [0.2, 0.25) is 0 Å². The van der Waals surface area contributed by atoms with E-state index < -0.39 is 0 Å². The first-order valence-electron chi connectivity index (χ1n) is 6.92. The lowest BCUT2D eigenvalue weighted by molar-refractivity contribution is -0.121. The van der Waals surface area contributed by atoms with Gasteiger partial charge in [0.05, 0.1) is 0 Å². The minimum Gasteiger partial charge on any atom is -0.373 e. The summed E-state index contributed by atoms with van der Waals surface area (Å²) >= 11 is 1.88. The highest BCUT2D eigenvalue weighted by molar-refractivity contribution is 7.98. The summed E-state index contributed by atoms with van der Waals surface area (Å²) < 4.78 is 0. The van der Waals surface area contributed by atoms with E-state index >= 15 is 0 Å².